The maximum absolute atomic E-state index is 12.1. The minimum absolute atomic E-state index is 0.0336. The summed E-state index contributed by atoms with van der Waals surface area (Å²) in [5.41, 5.74) is -1.09. The van der Waals surface area contributed by atoms with Crippen LogP contribution in [0.15, 0.2) is 4.99 Å². The monoisotopic (exact) mass is 392 g/mol. The molecule has 4 atom stereocenters. The van der Waals surface area contributed by atoms with Crippen LogP contribution >= 0.6 is 23.2 Å². The van der Waals surface area contributed by atoms with Crippen molar-refractivity contribution in [3.63, 3.8) is 0 Å². The number of rotatable bonds is 6. The number of carbonyl (C=O) groups is 2. The van der Waals surface area contributed by atoms with Gasteiger partial charge in [0.1, 0.15) is 0 Å². The average Bonchev–Trinajstić information content (AvgIpc) is 2.98. The molecule has 2 rings (SSSR count). The van der Waals surface area contributed by atoms with Crippen molar-refractivity contribution in [2.24, 2.45) is 22.2 Å². The van der Waals surface area contributed by atoms with E-state index in [4.69, 9.17) is 32.7 Å². The molecule has 1 fully saturated rings. The molecule has 0 amide bonds. The third-order valence-corrected chi connectivity index (χ3v) is 5.90. The van der Waals surface area contributed by atoms with Crippen LogP contribution in [0.1, 0.15) is 40.0 Å². The molecule has 25 heavy (non-hydrogen) atoms. The van der Waals surface area contributed by atoms with Crippen molar-refractivity contribution in [1.29, 1.82) is 0 Å². The predicted octanol–water partition coefficient (Wildman–Crippen LogP) is 3.01. The zero-order valence-corrected chi connectivity index (χ0v) is 16.6. The van der Waals surface area contributed by atoms with Gasteiger partial charge in [-0.1, -0.05) is 23.2 Å². The summed E-state index contributed by atoms with van der Waals surface area (Å²) in [6.45, 7) is 6.05. The molecule has 1 saturated heterocycles. The second-order valence-electron chi connectivity index (χ2n) is 7.76. The minimum atomic E-state index is -0.850. The summed E-state index contributed by atoms with van der Waals surface area (Å²) in [5, 5.41) is 0. The normalized spacial score (nSPS) is 32.2. The van der Waals surface area contributed by atoms with Crippen LogP contribution in [0.3, 0.4) is 0 Å². The van der Waals surface area contributed by atoms with Crippen molar-refractivity contribution in [3.8, 4) is 0 Å². The molecule has 2 aliphatic heterocycles. The molecule has 6 nitrogen and oxygen atoms in total. The van der Waals surface area contributed by atoms with Gasteiger partial charge in [-0.3, -0.25) is 14.6 Å². The quantitative estimate of drug-likeness (QED) is 0.300. The van der Waals surface area contributed by atoms with Crippen molar-refractivity contribution < 1.29 is 19.1 Å². The van der Waals surface area contributed by atoms with Gasteiger partial charge in [-0.25, -0.2) is 0 Å². The largest absolute Gasteiger partial charge is 0.465 e. The number of ether oxygens (including phenoxy) is 2. The molecule has 0 aliphatic carbocycles. The Labute approximate surface area is 158 Å². The van der Waals surface area contributed by atoms with Crippen LogP contribution in [0, 0.1) is 17.3 Å². The molecular formula is C17H26Cl2N2O4. The summed E-state index contributed by atoms with van der Waals surface area (Å²) in [6, 6.07) is 0. The predicted molar refractivity (Wildman–Crippen MR) is 96.7 cm³/mol. The Kier molecular flexibility index (Phi) is 6.26. The maximum atomic E-state index is 12.1. The summed E-state index contributed by atoms with van der Waals surface area (Å²) in [5.74, 6) is -0.761. The number of alkyl halides is 2. The van der Waals surface area contributed by atoms with Crippen molar-refractivity contribution in [3.05, 3.63) is 0 Å². The molecule has 0 spiro atoms. The van der Waals surface area contributed by atoms with Crippen LogP contribution in [0.25, 0.3) is 0 Å². The molecule has 0 aromatic carbocycles. The lowest BCUT2D eigenvalue weighted by molar-refractivity contribution is -0.153. The van der Waals surface area contributed by atoms with Gasteiger partial charge in [0.15, 0.2) is 10.5 Å². The fourth-order valence-corrected chi connectivity index (χ4v) is 3.58. The first kappa shape index (κ1) is 20.3. The van der Waals surface area contributed by atoms with E-state index < -0.39 is 15.9 Å². The standard InChI is InChI=1S/C17H26Cl2N2O4/c1-16(2,3)15(23)24-7-5-6-12-11(9-25-13(12)22)8-17(19)14(18)20-10-21(17)4/h10-12,14H,5-9H2,1-4H3/t11-,12-,14?,17?/m0/s1. The summed E-state index contributed by atoms with van der Waals surface area (Å²) in [4.78, 5) is 28.9. The Morgan fingerprint density at radius 1 is 1.52 bits per heavy atom. The van der Waals surface area contributed by atoms with Crippen molar-refractivity contribution in [1.82, 2.24) is 4.90 Å². The molecule has 0 N–H and O–H groups in total. The number of cyclic esters (lactones) is 1. The van der Waals surface area contributed by atoms with Gasteiger partial charge in [-0.15, -0.1) is 0 Å². The van der Waals surface area contributed by atoms with Gasteiger partial charge in [0.05, 0.1) is 30.9 Å². The van der Waals surface area contributed by atoms with Crippen molar-refractivity contribution >= 4 is 41.5 Å². The first-order valence-electron chi connectivity index (χ1n) is 8.49. The van der Waals surface area contributed by atoms with Crippen molar-refractivity contribution in [2.75, 3.05) is 20.3 Å². The molecule has 0 saturated carbocycles. The Bertz CT molecular complexity index is 535. The van der Waals surface area contributed by atoms with Gasteiger partial charge in [0, 0.05) is 13.0 Å². The van der Waals surface area contributed by atoms with Crippen LogP contribution in [-0.4, -0.2) is 53.9 Å². The second-order valence-corrected chi connectivity index (χ2v) is 8.83. The highest BCUT2D eigenvalue weighted by atomic mass is 35.5. The number of hydrogen-bond donors (Lipinski definition) is 0. The molecule has 2 aliphatic rings. The Morgan fingerprint density at radius 2 is 2.20 bits per heavy atom. The second kappa shape index (κ2) is 7.70. The first-order chi connectivity index (χ1) is 11.6. The number of carbonyl (C=O) groups excluding carboxylic acids is 2. The lowest BCUT2D eigenvalue weighted by atomic mass is 9.86. The topological polar surface area (TPSA) is 68.2 Å². The highest BCUT2D eigenvalue weighted by molar-refractivity contribution is 6.33. The van der Waals surface area contributed by atoms with E-state index in [9.17, 15) is 9.59 Å². The van der Waals surface area contributed by atoms with Crippen LogP contribution in [-0.2, 0) is 19.1 Å². The number of likely N-dealkylation sites (N-methyl/N-ethyl adjacent to an activating group) is 1. The van der Waals surface area contributed by atoms with E-state index in [1.165, 1.54) is 0 Å². The molecule has 0 aromatic rings. The van der Waals surface area contributed by atoms with Crippen LogP contribution in [0.4, 0.5) is 0 Å². The minimum Gasteiger partial charge on any atom is -0.465 e. The average molecular weight is 393 g/mol. The van der Waals surface area contributed by atoms with E-state index in [1.54, 1.807) is 11.2 Å². The van der Waals surface area contributed by atoms with Crippen molar-refractivity contribution in [2.45, 2.75) is 50.5 Å². The molecule has 0 aromatic heterocycles. The number of hydrogen-bond acceptors (Lipinski definition) is 6. The summed E-state index contributed by atoms with van der Waals surface area (Å²) < 4.78 is 10.5. The fraction of sp³-hybridized carbons (Fsp3) is 0.824. The fourth-order valence-electron chi connectivity index (χ4n) is 2.99. The highest BCUT2D eigenvalue weighted by Crippen LogP contribution is 2.42. The number of halogens is 2. The zero-order valence-electron chi connectivity index (χ0n) is 15.1. The van der Waals surface area contributed by atoms with Gasteiger partial charge < -0.3 is 14.4 Å². The van der Waals surface area contributed by atoms with E-state index in [2.05, 4.69) is 4.99 Å². The lowest BCUT2D eigenvalue weighted by Gasteiger charge is -2.34. The van der Waals surface area contributed by atoms with E-state index in [1.807, 2.05) is 27.8 Å². The summed E-state index contributed by atoms with van der Waals surface area (Å²) >= 11 is 12.9. The molecule has 8 heteroatoms. The van der Waals surface area contributed by atoms with E-state index in [0.717, 1.165) is 0 Å². The SMILES string of the molecule is CN1C=NC(Cl)C1(Cl)C[C@H]1COC(=O)[C@H]1CCCOC(=O)C(C)(C)C. The van der Waals surface area contributed by atoms with E-state index in [0.29, 0.717) is 32.5 Å². The molecular weight excluding hydrogens is 367 g/mol. The lowest BCUT2D eigenvalue weighted by Crippen LogP contribution is -2.45. The smallest absolute Gasteiger partial charge is 0.311 e. The maximum Gasteiger partial charge on any atom is 0.311 e. The van der Waals surface area contributed by atoms with Gasteiger partial charge in [0.2, 0.25) is 0 Å². The van der Waals surface area contributed by atoms with Gasteiger partial charge in [-0.2, -0.15) is 0 Å². The van der Waals surface area contributed by atoms with E-state index in [-0.39, 0.29) is 23.8 Å². The van der Waals surface area contributed by atoms with Gasteiger partial charge in [0.25, 0.3) is 0 Å². The summed E-state index contributed by atoms with van der Waals surface area (Å²) in [7, 11) is 1.82. The van der Waals surface area contributed by atoms with Crippen LogP contribution in [0.5, 0.6) is 0 Å². The van der Waals surface area contributed by atoms with Crippen LogP contribution < -0.4 is 0 Å². The van der Waals surface area contributed by atoms with Gasteiger partial charge >= 0.3 is 11.9 Å². The molecule has 2 heterocycles. The Balaban J connectivity index is 1.86. The number of aliphatic imine (C=N–C) groups is 1. The molecule has 2 unspecified atom stereocenters. The molecule has 142 valence electrons. The third-order valence-electron chi connectivity index (χ3n) is 4.69. The number of nitrogens with zero attached hydrogens (tertiary/aromatic N) is 2. The molecule has 0 bridgehead atoms. The first-order valence-corrected chi connectivity index (χ1v) is 9.30. The Hall–Kier alpha value is -1.01. The number of esters is 2. The zero-order chi connectivity index (χ0) is 18.8. The van der Waals surface area contributed by atoms with Gasteiger partial charge in [-0.05, 0) is 40.0 Å². The third kappa shape index (κ3) is 4.59. The van der Waals surface area contributed by atoms with Crippen LogP contribution in [0.2, 0.25) is 0 Å². The highest BCUT2D eigenvalue weighted by Gasteiger charge is 2.48. The Morgan fingerprint density at radius 3 is 2.76 bits per heavy atom. The summed E-state index contributed by atoms with van der Waals surface area (Å²) in [6.07, 6.45) is 3.30. The molecule has 0 radical (unpaired) electrons. The van der Waals surface area contributed by atoms with E-state index >= 15 is 0 Å².